The van der Waals surface area contributed by atoms with Gasteiger partial charge in [0.1, 0.15) is 5.75 Å². The molecule has 0 aromatic heterocycles. The quantitative estimate of drug-likeness (QED) is 0.763. The fourth-order valence-electron chi connectivity index (χ4n) is 1.53. The molecule has 0 bridgehead atoms. The summed E-state index contributed by atoms with van der Waals surface area (Å²) in [6.45, 7) is 2.43. The van der Waals surface area contributed by atoms with Crippen LogP contribution < -0.4 is 10.5 Å². The minimum Gasteiger partial charge on any atom is -0.496 e. The van der Waals surface area contributed by atoms with E-state index in [-0.39, 0.29) is 0 Å². The average molecular weight is 195 g/mol. The fourth-order valence-corrected chi connectivity index (χ4v) is 1.53. The van der Waals surface area contributed by atoms with Crippen molar-refractivity contribution in [3.63, 3.8) is 0 Å². The highest BCUT2D eigenvalue weighted by atomic mass is 16.5. The van der Waals surface area contributed by atoms with Gasteiger partial charge in [-0.3, -0.25) is 0 Å². The summed E-state index contributed by atoms with van der Waals surface area (Å²) in [5, 5.41) is 9.80. The Balaban J connectivity index is 3.00. The molecule has 1 aromatic carbocycles. The third kappa shape index (κ3) is 2.25. The summed E-state index contributed by atoms with van der Waals surface area (Å²) in [4.78, 5) is 0. The summed E-state index contributed by atoms with van der Waals surface area (Å²) in [5.74, 6) is 0.758. The van der Waals surface area contributed by atoms with E-state index >= 15 is 0 Å². The lowest BCUT2D eigenvalue weighted by Gasteiger charge is -2.15. The predicted octanol–water partition coefficient (Wildman–Crippen LogP) is 1.39. The molecule has 0 aliphatic rings. The summed E-state index contributed by atoms with van der Waals surface area (Å²) < 4.78 is 5.24. The molecule has 0 heterocycles. The van der Waals surface area contributed by atoms with E-state index in [0.29, 0.717) is 13.0 Å². The zero-order valence-corrected chi connectivity index (χ0v) is 8.66. The standard InChI is InChI=1S/C11H17NO2/c1-8-4-3-5-9(11(8)14-2)10(13)6-7-12/h3-5,10,13H,6-7,12H2,1-2H3/t10-/m0/s1. The minimum atomic E-state index is -0.533. The molecule has 78 valence electrons. The summed E-state index contributed by atoms with van der Waals surface area (Å²) in [5.41, 5.74) is 7.24. The lowest BCUT2D eigenvalue weighted by atomic mass is 10.0. The molecule has 3 N–H and O–H groups in total. The van der Waals surface area contributed by atoms with E-state index in [4.69, 9.17) is 10.5 Å². The molecule has 1 rings (SSSR count). The highest BCUT2D eigenvalue weighted by Crippen LogP contribution is 2.29. The second kappa shape index (κ2) is 4.98. The van der Waals surface area contributed by atoms with Crippen molar-refractivity contribution in [3.05, 3.63) is 29.3 Å². The van der Waals surface area contributed by atoms with Crippen molar-refractivity contribution in [2.24, 2.45) is 5.73 Å². The van der Waals surface area contributed by atoms with Crippen molar-refractivity contribution >= 4 is 0 Å². The molecular weight excluding hydrogens is 178 g/mol. The molecule has 14 heavy (non-hydrogen) atoms. The molecule has 1 atom stereocenters. The van der Waals surface area contributed by atoms with Gasteiger partial charge in [0.2, 0.25) is 0 Å². The molecule has 0 aliphatic heterocycles. The normalized spacial score (nSPS) is 12.6. The Morgan fingerprint density at radius 2 is 2.21 bits per heavy atom. The van der Waals surface area contributed by atoms with Gasteiger partial charge in [0.15, 0.2) is 0 Å². The molecule has 0 fully saturated rings. The monoisotopic (exact) mass is 195 g/mol. The zero-order valence-electron chi connectivity index (χ0n) is 8.66. The van der Waals surface area contributed by atoms with Crippen LogP contribution in [0, 0.1) is 6.92 Å². The molecule has 0 aliphatic carbocycles. The number of nitrogens with two attached hydrogens (primary N) is 1. The largest absolute Gasteiger partial charge is 0.496 e. The van der Waals surface area contributed by atoms with Crippen LogP contribution in [0.5, 0.6) is 5.75 Å². The zero-order chi connectivity index (χ0) is 10.6. The SMILES string of the molecule is COc1c(C)cccc1[C@@H](O)CCN. The van der Waals surface area contributed by atoms with Gasteiger partial charge in [0.25, 0.3) is 0 Å². The summed E-state index contributed by atoms with van der Waals surface area (Å²) >= 11 is 0. The molecule has 3 nitrogen and oxygen atoms in total. The highest BCUT2D eigenvalue weighted by Gasteiger charge is 2.13. The van der Waals surface area contributed by atoms with Gasteiger partial charge in [-0.25, -0.2) is 0 Å². The van der Waals surface area contributed by atoms with E-state index in [9.17, 15) is 5.11 Å². The van der Waals surface area contributed by atoms with Crippen molar-refractivity contribution in [2.45, 2.75) is 19.4 Å². The first-order valence-electron chi connectivity index (χ1n) is 4.72. The van der Waals surface area contributed by atoms with Crippen LogP contribution in [0.1, 0.15) is 23.7 Å². The van der Waals surface area contributed by atoms with Crippen LogP contribution in [0.3, 0.4) is 0 Å². The molecule has 3 heteroatoms. The first kappa shape index (κ1) is 11.0. The highest BCUT2D eigenvalue weighted by molar-refractivity contribution is 5.41. The van der Waals surface area contributed by atoms with Gasteiger partial charge in [-0.15, -0.1) is 0 Å². The average Bonchev–Trinajstić information content (AvgIpc) is 2.17. The number of methoxy groups -OCH3 is 1. The van der Waals surface area contributed by atoms with Crippen molar-refractivity contribution < 1.29 is 9.84 Å². The second-order valence-electron chi connectivity index (χ2n) is 3.29. The maximum Gasteiger partial charge on any atom is 0.127 e. The lowest BCUT2D eigenvalue weighted by Crippen LogP contribution is -2.08. The molecule has 0 saturated carbocycles. The van der Waals surface area contributed by atoms with E-state index in [1.165, 1.54) is 0 Å². The molecule has 0 spiro atoms. The van der Waals surface area contributed by atoms with Gasteiger partial charge < -0.3 is 15.6 Å². The number of hydrogen-bond donors (Lipinski definition) is 2. The van der Waals surface area contributed by atoms with Gasteiger partial charge in [0, 0.05) is 5.56 Å². The Hall–Kier alpha value is -1.06. The Morgan fingerprint density at radius 3 is 2.79 bits per heavy atom. The lowest BCUT2D eigenvalue weighted by molar-refractivity contribution is 0.166. The molecular formula is C11H17NO2. The van der Waals surface area contributed by atoms with E-state index in [2.05, 4.69) is 0 Å². The van der Waals surface area contributed by atoms with E-state index in [0.717, 1.165) is 16.9 Å². The third-order valence-corrected chi connectivity index (χ3v) is 2.25. The topological polar surface area (TPSA) is 55.5 Å². The molecule has 0 unspecified atom stereocenters. The molecule has 0 amide bonds. The van der Waals surface area contributed by atoms with Crippen LogP contribution in [0.15, 0.2) is 18.2 Å². The van der Waals surface area contributed by atoms with Gasteiger partial charge in [0.05, 0.1) is 13.2 Å². The van der Waals surface area contributed by atoms with Gasteiger partial charge in [-0.2, -0.15) is 0 Å². The molecule has 0 radical (unpaired) electrons. The number of rotatable bonds is 4. The Bertz CT molecular complexity index is 299. The van der Waals surface area contributed by atoms with Crippen LogP contribution in [0.2, 0.25) is 0 Å². The number of aliphatic hydroxyl groups is 1. The summed E-state index contributed by atoms with van der Waals surface area (Å²) in [6.07, 6.45) is 0.0228. The number of aliphatic hydroxyl groups excluding tert-OH is 1. The van der Waals surface area contributed by atoms with E-state index in [1.54, 1.807) is 7.11 Å². The van der Waals surface area contributed by atoms with E-state index in [1.807, 2.05) is 25.1 Å². The van der Waals surface area contributed by atoms with Crippen LogP contribution in [-0.4, -0.2) is 18.8 Å². The van der Waals surface area contributed by atoms with Gasteiger partial charge in [-0.1, -0.05) is 18.2 Å². The van der Waals surface area contributed by atoms with Crippen molar-refractivity contribution in [1.29, 1.82) is 0 Å². The Morgan fingerprint density at radius 1 is 1.50 bits per heavy atom. The maximum atomic E-state index is 9.80. The maximum absolute atomic E-state index is 9.80. The van der Waals surface area contributed by atoms with Gasteiger partial charge >= 0.3 is 0 Å². The number of ether oxygens (including phenoxy) is 1. The number of para-hydroxylation sites is 1. The summed E-state index contributed by atoms with van der Waals surface area (Å²) in [6, 6.07) is 5.73. The predicted molar refractivity (Wildman–Crippen MR) is 56.4 cm³/mol. The van der Waals surface area contributed by atoms with Crippen LogP contribution in [0.25, 0.3) is 0 Å². The number of aryl methyl sites for hydroxylation is 1. The van der Waals surface area contributed by atoms with Gasteiger partial charge in [-0.05, 0) is 25.5 Å². The first-order chi connectivity index (χ1) is 6.70. The van der Waals surface area contributed by atoms with Crippen molar-refractivity contribution in [1.82, 2.24) is 0 Å². The number of benzene rings is 1. The Labute approximate surface area is 84.5 Å². The van der Waals surface area contributed by atoms with Crippen LogP contribution in [-0.2, 0) is 0 Å². The number of hydrogen-bond acceptors (Lipinski definition) is 3. The third-order valence-electron chi connectivity index (χ3n) is 2.25. The smallest absolute Gasteiger partial charge is 0.127 e. The van der Waals surface area contributed by atoms with Crippen molar-refractivity contribution in [3.8, 4) is 5.75 Å². The van der Waals surface area contributed by atoms with Crippen LogP contribution >= 0.6 is 0 Å². The van der Waals surface area contributed by atoms with Crippen LogP contribution in [0.4, 0.5) is 0 Å². The fraction of sp³-hybridized carbons (Fsp3) is 0.455. The Kier molecular flexibility index (Phi) is 3.92. The van der Waals surface area contributed by atoms with E-state index < -0.39 is 6.10 Å². The molecule has 1 aromatic rings. The summed E-state index contributed by atoms with van der Waals surface area (Å²) in [7, 11) is 1.61. The van der Waals surface area contributed by atoms with Crippen molar-refractivity contribution in [2.75, 3.05) is 13.7 Å². The minimum absolute atomic E-state index is 0.470. The first-order valence-corrected chi connectivity index (χ1v) is 4.72. The molecule has 0 saturated heterocycles. The second-order valence-corrected chi connectivity index (χ2v) is 3.29.